The smallest absolute Gasteiger partial charge is 0.187 e. The molecule has 2 rings (SSSR count). The molecule has 0 atom stereocenters. The Morgan fingerprint density at radius 3 is 1.64 bits per heavy atom. The fraction of sp³-hybridized carbons (Fsp3) is 0.795. The van der Waals surface area contributed by atoms with E-state index in [0.29, 0.717) is 43.1 Å². The van der Waals surface area contributed by atoms with Crippen molar-refractivity contribution in [3.05, 3.63) is 23.3 Å². The van der Waals surface area contributed by atoms with Crippen molar-refractivity contribution in [3.8, 4) is 23.0 Å². The highest BCUT2D eigenvalue weighted by atomic mass is 28.3. The molecule has 1 saturated heterocycles. The molecule has 1 aliphatic heterocycles. The van der Waals surface area contributed by atoms with Crippen LogP contribution in [0.3, 0.4) is 0 Å². The van der Waals surface area contributed by atoms with Gasteiger partial charge in [-0.3, -0.25) is 0 Å². The number of hydrogen-bond donors (Lipinski definition) is 0. The first-order chi connectivity index (χ1) is 21.0. The third-order valence-electron chi connectivity index (χ3n) is 9.41. The summed E-state index contributed by atoms with van der Waals surface area (Å²) in [7, 11) is -1.92. The lowest BCUT2D eigenvalue weighted by Crippen LogP contribution is -2.43. The lowest BCUT2D eigenvalue weighted by molar-refractivity contribution is -0.226. The van der Waals surface area contributed by atoms with Crippen LogP contribution in [0.4, 0.5) is 0 Å². The quantitative estimate of drug-likeness (QED) is 0.0818. The second-order valence-electron chi connectivity index (χ2n) is 14.9. The van der Waals surface area contributed by atoms with Gasteiger partial charge in [-0.25, -0.2) is 0 Å². The summed E-state index contributed by atoms with van der Waals surface area (Å²) in [6, 6.07) is 4.24. The minimum Gasteiger partial charge on any atom is -0.493 e. The van der Waals surface area contributed by atoms with E-state index in [1.54, 1.807) is 0 Å². The van der Waals surface area contributed by atoms with Crippen molar-refractivity contribution < 1.29 is 18.9 Å². The van der Waals surface area contributed by atoms with Gasteiger partial charge in [0.2, 0.25) is 0 Å². The summed E-state index contributed by atoms with van der Waals surface area (Å²) >= 11 is 0. The van der Waals surface area contributed by atoms with Crippen LogP contribution in [0.15, 0.2) is 12.1 Å². The Bertz CT molecular complexity index is 972. The van der Waals surface area contributed by atoms with E-state index in [1.807, 2.05) is 0 Å². The predicted molar refractivity (Wildman–Crippen MR) is 191 cm³/mol. The Morgan fingerprint density at radius 1 is 0.705 bits per heavy atom. The van der Waals surface area contributed by atoms with Gasteiger partial charge >= 0.3 is 0 Å². The molecule has 1 aromatic rings. The minimum atomic E-state index is -1.92. The number of unbranched alkanes of at least 4 members (excludes halogenated alkanes) is 10. The molecule has 0 aromatic heterocycles. The van der Waals surface area contributed by atoms with Gasteiger partial charge in [0, 0.05) is 5.41 Å². The van der Waals surface area contributed by atoms with E-state index < -0.39 is 14.4 Å². The van der Waals surface area contributed by atoms with Crippen molar-refractivity contribution in [1.82, 2.24) is 0 Å². The maximum atomic E-state index is 6.54. The molecule has 1 fully saturated rings. The first-order valence-corrected chi connectivity index (χ1v) is 20.4. The average molecular weight is 629 g/mol. The van der Waals surface area contributed by atoms with E-state index in [9.17, 15) is 0 Å². The molecule has 1 aromatic carbocycles. The Hall–Kier alpha value is -1.48. The van der Waals surface area contributed by atoms with Gasteiger partial charge in [0.25, 0.3) is 0 Å². The number of ether oxygens (including phenoxy) is 4. The summed E-state index contributed by atoms with van der Waals surface area (Å²) in [4.78, 5) is 0. The van der Waals surface area contributed by atoms with Crippen molar-refractivity contribution in [2.75, 3.05) is 26.4 Å². The van der Waals surface area contributed by atoms with Crippen LogP contribution in [0.25, 0.3) is 0 Å². The summed E-state index contributed by atoms with van der Waals surface area (Å²) in [6.45, 7) is 25.8. The third-order valence-corrected chi connectivity index (χ3v) is 15.7. The van der Waals surface area contributed by atoms with Crippen LogP contribution < -0.4 is 9.47 Å². The Labute approximate surface area is 273 Å². The molecule has 44 heavy (non-hydrogen) atoms. The fourth-order valence-corrected chi connectivity index (χ4v) is 11.9. The van der Waals surface area contributed by atoms with E-state index in [-0.39, 0.29) is 5.41 Å². The Balaban J connectivity index is 2.45. The highest BCUT2D eigenvalue weighted by Gasteiger charge is 2.42. The minimum absolute atomic E-state index is 0.00295. The molecule has 0 bridgehead atoms. The molecule has 1 heterocycles. The molecule has 5 heteroatoms. The van der Waals surface area contributed by atoms with Gasteiger partial charge in [-0.15, -0.1) is 5.54 Å². The second-order valence-corrected chi connectivity index (χ2v) is 20.5. The molecule has 0 unspecified atom stereocenters. The maximum Gasteiger partial charge on any atom is 0.187 e. The van der Waals surface area contributed by atoms with Crippen LogP contribution in [0.2, 0.25) is 16.6 Å². The summed E-state index contributed by atoms with van der Waals surface area (Å²) in [5.41, 5.74) is 7.50. The van der Waals surface area contributed by atoms with E-state index in [4.69, 9.17) is 18.9 Å². The van der Waals surface area contributed by atoms with Crippen molar-refractivity contribution in [3.63, 3.8) is 0 Å². The van der Waals surface area contributed by atoms with Gasteiger partial charge in [-0.1, -0.05) is 139 Å². The van der Waals surface area contributed by atoms with Gasteiger partial charge in [0.15, 0.2) is 6.29 Å². The molecule has 252 valence electrons. The van der Waals surface area contributed by atoms with Crippen LogP contribution in [0.1, 0.15) is 164 Å². The lowest BCUT2D eigenvalue weighted by Gasteiger charge is -2.38. The highest BCUT2D eigenvalue weighted by molar-refractivity contribution is 6.90. The molecule has 0 radical (unpaired) electrons. The monoisotopic (exact) mass is 628 g/mol. The number of hydrogen-bond acceptors (Lipinski definition) is 4. The zero-order valence-corrected chi connectivity index (χ0v) is 31.4. The third kappa shape index (κ3) is 12.0. The second kappa shape index (κ2) is 19.9. The molecule has 0 amide bonds. The fourth-order valence-electron chi connectivity index (χ4n) is 6.71. The van der Waals surface area contributed by atoms with Gasteiger partial charge in [-0.2, -0.15) is 0 Å². The summed E-state index contributed by atoms with van der Waals surface area (Å²) in [5.74, 6) is 5.36. The molecule has 0 N–H and O–H groups in total. The Morgan fingerprint density at radius 2 is 1.16 bits per heavy atom. The van der Waals surface area contributed by atoms with Gasteiger partial charge < -0.3 is 18.9 Å². The van der Waals surface area contributed by atoms with Gasteiger partial charge in [-0.05, 0) is 41.6 Å². The zero-order chi connectivity index (χ0) is 32.6. The van der Waals surface area contributed by atoms with E-state index in [0.717, 1.165) is 35.5 Å². The van der Waals surface area contributed by atoms with Crippen LogP contribution in [-0.4, -0.2) is 34.5 Å². The van der Waals surface area contributed by atoms with Crippen LogP contribution in [-0.2, 0) is 9.47 Å². The Kier molecular flexibility index (Phi) is 17.5. The van der Waals surface area contributed by atoms with Gasteiger partial charge in [0.1, 0.15) is 19.6 Å². The summed E-state index contributed by atoms with van der Waals surface area (Å²) < 4.78 is 25.6. The number of benzene rings is 1. The largest absolute Gasteiger partial charge is 0.493 e. The van der Waals surface area contributed by atoms with Crippen molar-refractivity contribution >= 4 is 8.07 Å². The van der Waals surface area contributed by atoms with Crippen LogP contribution in [0.5, 0.6) is 11.5 Å². The highest BCUT2D eigenvalue weighted by Crippen LogP contribution is 2.42. The predicted octanol–water partition coefficient (Wildman–Crippen LogP) is 11.8. The normalized spacial score (nSPS) is 15.6. The van der Waals surface area contributed by atoms with Gasteiger partial charge in [0.05, 0.1) is 37.6 Å². The molecule has 1 aliphatic rings. The van der Waals surface area contributed by atoms with E-state index in [1.165, 1.54) is 64.2 Å². The molecule has 4 nitrogen and oxygen atoms in total. The van der Waals surface area contributed by atoms with Crippen molar-refractivity contribution in [1.29, 1.82) is 0 Å². The van der Waals surface area contributed by atoms with Crippen molar-refractivity contribution in [2.45, 2.75) is 169 Å². The summed E-state index contributed by atoms with van der Waals surface area (Å²) in [6.07, 6.45) is 14.3. The van der Waals surface area contributed by atoms with Crippen LogP contribution >= 0.6 is 0 Å². The lowest BCUT2D eigenvalue weighted by atomic mass is 9.95. The first-order valence-electron chi connectivity index (χ1n) is 18.2. The maximum absolute atomic E-state index is 6.54. The molecule has 0 spiro atoms. The molecule has 0 aliphatic carbocycles. The first kappa shape index (κ1) is 38.7. The standard InChI is InChI=1S/C39H68O4Si/c1-11-13-15-17-19-21-24-40-36-28-35(38-42-29-39(9,10)30-43-38)37(41-25-22-20-18-16-14-12-2)27-34(36)23-26-44(31(3)4,32(5)6)33(7)8/h27-28,31-33,38H,11-22,24-25,29-30H2,1-10H3. The molecule has 0 saturated carbocycles. The topological polar surface area (TPSA) is 36.9 Å². The van der Waals surface area contributed by atoms with E-state index in [2.05, 4.69) is 92.8 Å². The zero-order valence-electron chi connectivity index (χ0n) is 30.4. The van der Waals surface area contributed by atoms with E-state index >= 15 is 0 Å². The SMILES string of the molecule is CCCCCCCCOc1cc(C2OCC(C)(C)CO2)c(OCCCCCCCC)cc1C#C[Si](C(C)C)(C(C)C)C(C)C. The summed E-state index contributed by atoms with van der Waals surface area (Å²) in [5, 5.41) is 0. The van der Waals surface area contributed by atoms with Crippen LogP contribution in [0, 0.1) is 16.9 Å². The average Bonchev–Trinajstić information content (AvgIpc) is 2.96. The number of rotatable bonds is 20. The molecular weight excluding hydrogens is 561 g/mol. The van der Waals surface area contributed by atoms with Crippen molar-refractivity contribution in [2.24, 2.45) is 5.41 Å². The molecular formula is C39H68O4Si.